The Morgan fingerprint density at radius 2 is 1.90 bits per heavy atom. The van der Waals surface area contributed by atoms with E-state index in [1.807, 2.05) is 6.92 Å². The van der Waals surface area contributed by atoms with Crippen molar-refractivity contribution in [1.29, 1.82) is 0 Å². The lowest BCUT2D eigenvalue weighted by Crippen LogP contribution is -2.33. The molecule has 21 heavy (non-hydrogen) atoms. The molecule has 0 bridgehead atoms. The van der Waals surface area contributed by atoms with Crippen molar-refractivity contribution in [1.82, 2.24) is 5.32 Å². The largest absolute Gasteiger partial charge is 0.494 e. The van der Waals surface area contributed by atoms with Gasteiger partial charge in [0.15, 0.2) is 5.75 Å². The Morgan fingerprint density at radius 3 is 2.38 bits per heavy atom. The second-order valence-electron chi connectivity index (χ2n) is 5.00. The molecule has 0 saturated carbocycles. The second kappa shape index (κ2) is 8.32. The van der Waals surface area contributed by atoms with Gasteiger partial charge in [-0.25, -0.2) is 4.79 Å². The van der Waals surface area contributed by atoms with Crippen molar-refractivity contribution >= 4 is 34.9 Å². The summed E-state index contributed by atoms with van der Waals surface area (Å²) in [5.74, 6) is 0.550. The number of halogens is 2. The van der Waals surface area contributed by atoms with Crippen molar-refractivity contribution in [2.24, 2.45) is 5.92 Å². The number of carbonyl (C=O) groups is 1. The van der Waals surface area contributed by atoms with Crippen LogP contribution in [-0.4, -0.2) is 30.9 Å². The molecule has 118 valence electrons. The molecule has 2 amide bonds. The molecular formula is C14H20Cl2N2O3. The van der Waals surface area contributed by atoms with Crippen molar-refractivity contribution in [2.75, 3.05) is 19.0 Å². The molecule has 0 aliphatic carbocycles. The van der Waals surface area contributed by atoms with Crippen molar-refractivity contribution in [3.8, 4) is 5.75 Å². The lowest BCUT2D eigenvalue weighted by atomic mass is 10.1. The number of anilines is 1. The van der Waals surface area contributed by atoms with Gasteiger partial charge in [-0.05, 0) is 31.4 Å². The molecule has 7 heteroatoms. The number of hydrogen-bond acceptors (Lipinski definition) is 3. The number of urea groups is 1. The summed E-state index contributed by atoms with van der Waals surface area (Å²) in [5.41, 5.74) is 0.478. The van der Waals surface area contributed by atoms with Crippen LogP contribution in [0.2, 0.25) is 10.0 Å². The van der Waals surface area contributed by atoms with Crippen molar-refractivity contribution in [2.45, 2.75) is 26.4 Å². The molecule has 0 aliphatic heterocycles. The predicted octanol–water partition coefficient (Wildman–Crippen LogP) is 3.53. The number of nitrogens with one attached hydrogen (secondary N) is 2. The molecule has 0 heterocycles. The highest BCUT2D eigenvalue weighted by Gasteiger charge is 2.11. The summed E-state index contributed by atoms with van der Waals surface area (Å²) in [7, 11) is 1.47. The van der Waals surface area contributed by atoms with Gasteiger partial charge in [-0.15, -0.1) is 0 Å². The van der Waals surface area contributed by atoms with Crippen LogP contribution in [0.1, 0.15) is 20.3 Å². The third-order valence-electron chi connectivity index (χ3n) is 2.81. The van der Waals surface area contributed by atoms with E-state index in [0.717, 1.165) is 0 Å². The molecule has 0 aromatic heterocycles. The van der Waals surface area contributed by atoms with E-state index in [9.17, 15) is 9.90 Å². The van der Waals surface area contributed by atoms with Crippen LogP contribution in [0.15, 0.2) is 12.1 Å². The Labute approximate surface area is 134 Å². The van der Waals surface area contributed by atoms with E-state index in [0.29, 0.717) is 34.4 Å². The molecule has 0 aliphatic rings. The Morgan fingerprint density at radius 1 is 1.33 bits per heavy atom. The number of rotatable bonds is 6. The van der Waals surface area contributed by atoms with Crippen molar-refractivity contribution in [3.63, 3.8) is 0 Å². The zero-order chi connectivity index (χ0) is 16.0. The second-order valence-corrected chi connectivity index (χ2v) is 5.81. The first-order valence-electron chi connectivity index (χ1n) is 6.59. The predicted molar refractivity (Wildman–Crippen MR) is 85.5 cm³/mol. The van der Waals surface area contributed by atoms with E-state index in [-0.39, 0.29) is 18.1 Å². The molecule has 5 nitrogen and oxygen atoms in total. The van der Waals surface area contributed by atoms with E-state index in [1.165, 1.54) is 7.11 Å². The minimum atomic E-state index is -0.385. The molecule has 3 N–H and O–H groups in total. The van der Waals surface area contributed by atoms with Crippen LogP contribution in [0.25, 0.3) is 0 Å². The molecular weight excluding hydrogens is 315 g/mol. The molecule has 1 rings (SSSR count). The zero-order valence-electron chi connectivity index (χ0n) is 12.2. The fourth-order valence-electron chi connectivity index (χ4n) is 1.93. The smallest absolute Gasteiger partial charge is 0.319 e. The summed E-state index contributed by atoms with van der Waals surface area (Å²) >= 11 is 12.0. The van der Waals surface area contributed by atoms with Gasteiger partial charge in [0.05, 0.1) is 23.3 Å². The number of aliphatic hydroxyl groups excluding tert-OH is 1. The van der Waals surface area contributed by atoms with E-state index < -0.39 is 0 Å². The first kappa shape index (κ1) is 17.9. The third-order valence-corrected chi connectivity index (χ3v) is 3.38. The molecule has 0 saturated heterocycles. The molecule has 0 fully saturated rings. The topological polar surface area (TPSA) is 70.6 Å². The summed E-state index contributed by atoms with van der Waals surface area (Å²) < 4.78 is 5.04. The van der Waals surface area contributed by atoms with Gasteiger partial charge in [0.2, 0.25) is 0 Å². The maximum absolute atomic E-state index is 11.8. The summed E-state index contributed by atoms with van der Waals surface area (Å²) in [6.45, 7) is 4.14. The average molecular weight is 335 g/mol. The van der Waals surface area contributed by atoms with E-state index >= 15 is 0 Å². The Hall–Kier alpha value is -1.17. The molecule has 0 spiro atoms. The lowest BCUT2D eigenvalue weighted by Gasteiger charge is -2.15. The Bertz CT molecular complexity index is 472. The highest BCUT2D eigenvalue weighted by atomic mass is 35.5. The summed E-state index contributed by atoms with van der Waals surface area (Å²) in [6, 6.07) is 2.76. The van der Waals surface area contributed by atoms with Crippen LogP contribution >= 0.6 is 23.2 Å². The van der Waals surface area contributed by atoms with Crippen LogP contribution in [-0.2, 0) is 0 Å². The molecule has 2 unspecified atom stereocenters. The van der Waals surface area contributed by atoms with Crippen LogP contribution in [0, 0.1) is 5.92 Å². The molecule has 1 aromatic carbocycles. The van der Waals surface area contributed by atoms with Gasteiger partial charge in [-0.2, -0.15) is 0 Å². The fraction of sp³-hybridized carbons (Fsp3) is 0.500. The number of hydrogen-bond donors (Lipinski definition) is 3. The maximum Gasteiger partial charge on any atom is 0.319 e. The summed E-state index contributed by atoms with van der Waals surface area (Å²) in [4.78, 5) is 11.8. The summed E-state index contributed by atoms with van der Waals surface area (Å²) in [6.07, 6.45) is 0.240. The van der Waals surface area contributed by atoms with Crippen molar-refractivity contribution < 1.29 is 14.6 Å². The SMILES string of the molecule is COc1c(Cl)cc(NC(=O)NCC(C)CC(C)O)cc1Cl. The molecule has 2 atom stereocenters. The first-order valence-corrected chi connectivity index (χ1v) is 7.35. The molecule has 0 radical (unpaired) electrons. The van der Waals surface area contributed by atoms with Crippen LogP contribution in [0.4, 0.5) is 10.5 Å². The normalized spacial score (nSPS) is 13.4. The quantitative estimate of drug-likeness (QED) is 0.745. The van der Waals surface area contributed by atoms with E-state index in [4.69, 9.17) is 27.9 Å². The standard InChI is InChI=1S/C14H20Cl2N2O3/c1-8(4-9(2)19)7-17-14(20)18-10-5-11(15)13(21-3)12(16)6-10/h5-6,8-9,19H,4,7H2,1-3H3,(H2,17,18,20). The highest BCUT2D eigenvalue weighted by molar-refractivity contribution is 6.37. The third kappa shape index (κ3) is 5.99. The average Bonchev–Trinajstić information content (AvgIpc) is 2.35. The minimum absolute atomic E-state index is 0.179. The monoisotopic (exact) mass is 334 g/mol. The van der Waals surface area contributed by atoms with Gasteiger partial charge >= 0.3 is 6.03 Å². The van der Waals surface area contributed by atoms with E-state index in [2.05, 4.69) is 10.6 Å². The van der Waals surface area contributed by atoms with Gasteiger partial charge in [-0.1, -0.05) is 30.1 Å². The van der Waals surface area contributed by atoms with Gasteiger partial charge in [-0.3, -0.25) is 0 Å². The van der Waals surface area contributed by atoms with Gasteiger partial charge in [0, 0.05) is 12.2 Å². The minimum Gasteiger partial charge on any atom is -0.494 e. The number of benzene rings is 1. The van der Waals surface area contributed by atoms with E-state index in [1.54, 1.807) is 19.1 Å². The maximum atomic E-state index is 11.8. The Balaban J connectivity index is 2.55. The van der Waals surface area contributed by atoms with Crippen LogP contribution in [0.5, 0.6) is 5.75 Å². The van der Waals surface area contributed by atoms with Gasteiger partial charge in [0.25, 0.3) is 0 Å². The number of carbonyl (C=O) groups excluding carboxylic acids is 1. The zero-order valence-corrected chi connectivity index (χ0v) is 13.8. The van der Waals surface area contributed by atoms with Gasteiger partial charge < -0.3 is 20.5 Å². The number of amides is 2. The van der Waals surface area contributed by atoms with Crippen LogP contribution < -0.4 is 15.4 Å². The Kier molecular flexibility index (Phi) is 7.08. The number of methoxy groups -OCH3 is 1. The highest BCUT2D eigenvalue weighted by Crippen LogP contribution is 2.35. The lowest BCUT2D eigenvalue weighted by molar-refractivity contribution is 0.163. The van der Waals surface area contributed by atoms with Crippen LogP contribution in [0.3, 0.4) is 0 Å². The van der Waals surface area contributed by atoms with Gasteiger partial charge in [0.1, 0.15) is 0 Å². The number of ether oxygens (including phenoxy) is 1. The van der Waals surface area contributed by atoms with Crippen molar-refractivity contribution in [3.05, 3.63) is 22.2 Å². The summed E-state index contributed by atoms with van der Waals surface area (Å²) in [5, 5.41) is 15.3. The fourth-order valence-corrected chi connectivity index (χ4v) is 2.58. The number of aliphatic hydroxyl groups is 1. The molecule has 1 aromatic rings. The first-order chi connectivity index (χ1) is 9.83.